The average Bonchev–Trinajstić information content (AvgIpc) is 3.27. The van der Waals surface area contributed by atoms with Crippen LogP contribution in [0.3, 0.4) is 0 Å². The molecule has 168 valence electrons. The molecule has 0 saturated carbocycles. The van der Waals surface area contributed by atoms with E-state index in [-0.39, 0.29) is 17.9 Å². The lowest BCUT2D eigenvalue weighted by Crippen LogP contribution is -2.47. The highest BCUT2D eigenvalue weighted by atomic mass is 16.5. The topological polar surface area (TPSA) is 110 Å². The largest absolute Gasteiger partial charge is 0.497 e. The van der Waals surface area contributed by atoms with E-state index in [0.717, 1.165) is 43.7 Å². The van der Waals surface area contributed by atoms with Crippen molar-refractivity contribution in [3.05, 3.63) is 30.2 Å². The maximum Gasteiger partial charge on any atom is 0.234 e. The van der Waals surface area contributed by atoms with Crippen molar-refractivity contribution in [2.45, 2.75) is 45.1 Å². The quantitative estimate of drug-likeness (QED) is 0.592. The number of carbonyl (C=O) groups excluding carboxylic acids is 2. The Morgan fingerprint density at radius 3 is 2.61 bits per heavy atom. The molecule has 0 radical (unpaired) electrons. The van der Waals surface area contributed by atoms with Crippen LogP contribution >= 0.6 is 0 Å². The van der Waals surface area contributed by atoms with Gasteiger partial charge >= 0.3 is 0 Å². The zero-order valence-electron chi connectivity index (χ0n) is 18.2. The number of hydrogen-bond acceptors (Lipinski definition) is 7. The molecule has 0 aliphatic carbocycles. The fourth-order valence-corrected chi connectivity index (χ4v) is 3.49. The van der Waals surface area contributed by atoms with Crippen LogP contribution in [0.25, 0.3) is 11.4 Å². The van der Waals surface area contributed by atoms with Crippen LogP contribution in [-0.4, -0.2) is 66.2 Å². The van der Waals surface area contributed by atoms with Crippen molar-refractivity contribution in [1.82, 2.24) is 25.7 Å². The first-order chi connectivity index (χ1) is 15.1. The van der Waals surface area contributed by atoms with Crippen molar-refractivity contribution < 1.29 is 18.8 Å². The number of amides is 2. The Labute approximate surface area is 182 Å². The highest BCUT2D eigenvalue weighted by Crippen LogP contribution is 2.20. The van der Waals surface area contributed by atoms with Crippen molar-refractivity contribution in [3.8, 4) is 17.1 Å². The predicted octanol–water partition coefficient (Wildman–Crippen LogP) is 1.78. The van der Waals surface area contributed by atoms with Crippen LogP contribution in [0.2, 0.25) is 0 Å². The first-order valence-electron chi connectivity index (χ1n) is 10.8. The van der Waals surface area contributed by atoms with Gasteiger partial charge in [-0.15, -0.1) is 0 Å². The van der Waals surface area contributed by atoms with Gasteiger partial charge < -0.3 is 19.9 Å². The van der Waals surface area contributed by atoms with E-state index in [1.807, 2.05) is 31.2 Å². The van der Waals surface area contributed by atoms with Gasteiger partial charge in [0.15, 0.2) is 0 Å². The molecule has 3 rings (SSSR count). The second-order valence-corrected chi connectivity index (χ2v) is 7.71. The van der Waals surface area contributed by atoms with Crippen LogP contribution in [0.5, 0.6) is 5.75 Å². The number of benzene rings is 1. The molecule has 0 unspecified atom stereocenters. The van der Waals surface area contributed by atoms with Gasteiger partial charge in [-0.3, -0.25) is 14.5 Å². The van der Waals surface area contributed by atoms with Gasteiger partial charge in [0.2, 0.25) is 23.5 Å². The third-order valence-corrected chi connectivity index (χ3v) is 5.27. The summed E-state index contributed by atoms with van der Waals surface area (Å²) in [5.41, 5.74) is 0.829. The number of ether oxygens (including phenoxy) is 1. The van der Waals surface area contributed by atoms with E-state index in [1.165, 1.54) is 0 Å². The first-order valence-corrected chi connectivity index (χ1v) is 10.8. The lowest BCUT2D eigenvalue weighted by molar-refractivity contribution is -0.124. The van der Waals surface area contributed by atoms with Gasteiger partial charge in [-0.1, -0.05) is 12.1 Å². The highest BCUT2D eigenvalue weighted by Gasteiger charge is 2.22. The van der Waals surface area contributed by atoms with E-state index in [2.05, 4.69) is 25.7 Å². The molecule has 0 spiro atoms. The zero-order valence-corrected chi connectivity index (χ0v) is 18.2. The van der Waals surface area contributed by atoms with Crippen LogP contribution < -0.4 is 15.4 Å². The SMILES string of the molecule is CCCNC(=O)CN1CCC(NC(=O)CCc2nc(-c3ccc(OC)cc3)no2)CC1. The van der Waals surface area contributed by atoms with Crippen molar-refractivity contribution in [2.24, 2.45) is 0 Å². The van der Waals surface area contributed by atoms with Crippen molar-refractivity contribution in [1.29, 1.82) is 0 Å². The van der Waals surface area contributed by atoms with Crippen molar-refractivity contribution in [3.63, 3.8) is 0 Å². The number of likely N-dealkylation sites (tertiary alicyclic amines) is 1. The van der Waals surface area contributed by atoms with E-state index in [4.69, 9.17) is 9.26 Å². The molecule has 0 bridgehead atoms. The summed E-state index contributed by atoms with van der Waals surface area (Å²) < 4.78 is 10.4. The number of piperidine rings is 1. The van der Waals surface area contributed by atoms with Crippen LogP contribution in [0.4, 0.5) is 0 Å². The predicted molar refractivity (Wildman–Crippen MR) is 116 cm³/mol. The average molecular weight is 430 g/mol. The normalized spacial score (nSPS) is 14.9. The lowest BCUT2D eigenvalue weighted by Gasteiger charge is -2.31. The molecular formula is C22H31N5O4. The fraction of sp³-hybridized carbons (Fsp3) is 0.545. The summed E-state index contributed by atoms with van der Waals surface area (Å²) in [6.45, 7) is 4.78. The summed E-state index contributed by atoms with van der Waals surface area (Å²) in [5, 5.41) is 9.96. The van der Waals surface area contributed by atoms with Crippen molar-refractivity contribution in [2.75, 3.05) is 33.3 Å². The van der Waals surface area contributed by atoms with Gasteiger partial charge in [0, 0.05) is 44.1 Å². The molecule has 2 heterocycles. The van der Waals surface area contributed by atoms with Gasteiger partial charge in [0.05, 0.1) is 13.7 Å². The monoisotopic (exact) mass is 429 g/mol. The molecule has 1 aliphatic rings. The Morgan fingerprint density at radius 2 is 1.94 bits per heavy atom. The molecule has 1 aliphatic heterocycles. The molecule has 0 atom stereocenters. The minimum absolute atomic E-state index is 0.0247. The molecular weight excluding hydrogens is 398 g/mol. The summed E-state index contributed by atoms with van der Waals surface area (Å²) in [5.74, 6) is 1.73. The smallest absolute Gasteiger partial charge is 0.234 e. The van der Waals surface area contributed by atoms with Crippen LogP contribution in [0.1, 0.15) is 38.5 Å². The maximum absolute atomic E-state index is 12.3. The molecule has 1 saturated heterocycles. The summed E-state index contributed by atoms with van der Waals surface area (Å²) in [7, 11) is 1.61. The standard InChI is InChI=1S/C22H31N5O4/c1-3-12-23-20(29)15-27-13-10-17(11-14-27)24-19(28)8-9-21-25-22(26-31-21)16-4-6-18(30-2)7-5-16/h4-7,17H,3,8-15H2,1-2H3,(H,23,29)(H,24,28). The number of carbonyl (C=O) groups is 2. The second-order valence-electron chi connectivity index (χ2n) is 7.71. The van der Waals surface area contributed by atoms with Gasteiger partial charge in [0.25, 0.3) is 0 Å². The maximum atomic E-state index is 12.3. The van der Waals surface area contributed by atoms with Gasteiger partial charge in [0.1, 0.15) is 5.75 Å². The number of aromatic nitrogens is 2. The van der Waals surface area contributed by atoms with Crippen LogP contribution in [0.15, 0.2) is 28.8 Å². The Hall–Kier alpha value is -2.94. The molecule has 9 nitrogen and oxygen atoms in total. The molecule has 31 heavy (non-hydrogen) atoms. The summed E-state index contributed by atoms with van der Waals surface area (Å²) >= 11 is 0. The number of rotatable bonds is 10. The third-order valence-electron chi connectivity index (χ3n) is 5.27. The van der Waals surface area contributed by atoms with E-state index in [0.29, 0.717) is 37.6 Å². The summed E-state index contributed by atoms with van der Waals surface area (Å²) in [6.07, 6.45) is 3.31. The van der Waals surface area contributed by atoms with E-state index in [1.54, 1.807) is 7.11 Å². The second kappa shape index (κ2) is 11.5. The Kier molecular flexibility index (Phi) is 8.40. The van der Waals surface area contributed by atoms with Gasteiger partial charge in [-0.05, 0) is 43.5 Å². The lowest BCUT2D eigenvalue weighted by atomic mass is 10.0. The van der Waals surface area contributed by atoms with Crippen LogP contribution in [-0.2, 0) is 16.0 Å². The Bertz CT molecular complexity index is 844. The van der Waals surface area contributed by atoms with Gasteiger partial charge in [-0.2, -0.15) is 4.98 Å². The summed E-state index contributed by atoms with van der Waals surface area (Å²) in [4.78, 5) is 30.6. The molecule has 9 heteroatoms. The highest BCUT2D eigenvalue weighted by molar-refractivity contribution is 5.78. The Morgan fingerprint density at radius 1 is 1.19 bits per heavy atom. The zero-order chi connectivity index (χ0) is 22.1. The minimum atomic E-state index is -0.0247. The molecule has 2 amide bonds. The molecule has 1 fully saturated rings. The number of methoxy groups -OCH3 is 1. The molecule has 2 N–H and O–H groups in total. The Balaban J connectivity index is 1.37. The molecule has 1 aromatic carbocycles. The summed E-state index contributed by atoms with van der Waals surface area (Å²) in [6, 6.07) is 7.53. The van der Waals surface area contributed by atoms with Crippen molar-refractivity contribution >= 4 is 11.8 Å². The van der Waals surface area contributed by atoms with Gasteiger partial charge in [-0.25, -0.2) is 0 Å². The number of nitrogens with one attached hydrogen (secondary N) is 2. The third kappa shape index (κ3) is 7.06. The number of nitrogens with zero attached hydrogens (tertiary/aromatic N) is 3. The fourth-order valence-electron chi connectivity index (χ4n) is 3.49. The van der Waals surface area contributed by atoms with E-state index in [9.17, 15) is 9.59 Å². The van der Waals surface area contributed by atoms with E-state index < -0.39 is 0 Å². The number of hydrogen-bond donors (Lipinski definition) is 2. The number of aryl methyl sites for hydroxylation is 1. The molecule has 1 aromatic heterocycles. The minimum Gasteiger partial charge on any atom is -0.497 e. The van der Waals surface area contributed by atoms with Crippen LogP contribution in [0, 0.1) is 0 Å². The molecule has 2 aromatic rings. The van der Waals surface area contributed by atoms with E-state index >= 15 is 0 Å². The first kappa shape index (κ1) is 22.7.